The van der Waals surface area contributed by atoms with Crippen LogP contribution in [0.1, 0.15) is 110 Å². The summed E-state index contributed by atoms with van der Waals surface area (Å²) in [5.74, 6) is 0.687. The summed E-state index contributed by atoms with van der Waals surface area (Å²) in [6.07, 6.45) is 6.40. The van der Waals surface area contributed by atoms with Gasteiger partial charge in [-0.25, -0.2) is 4.79 Å². The SMILES string of the molecule is CCCCCNC(=O)C(c1cc(C)ccc1C)N(C(=O)C(CCSC)NC(=O)OC(C)(C)C)C(C)CCC(C)C. The van der Waals surface area contributed by atoms with E-state index in [9.17, 15) is 14.4 Å². The zero-order valence-corrected chi connectivity index (χ0v) is 27.5. The summed E-state index contributed by atoms with van der Waals surface area (Å²) >= 11 is 1.61. The second-order valence-corrected chi connectivity index (χ2v) is 13.3. The molecule has 0 aliphatic heterocycles. The number of alkyl carbamates (subject to hydrolysis) is 1. The van der Waals surface area contributed by atoms with Gasteiger partial charge in [-0.3, -0.25) is 9.59 Å². The third-order valence-corrected chi connectivity index (χ3v) is 7.47. The summed E-state index contributed by atoms with van der Waals surface area (Å²) in [5, 5.41) is 5.96. The van der Waals surface area contributed by atoms with Crippen LogP contribution in [0.15, 0.2) is 18.2 Å². The first kappa shape index (κ1) is 35.8. The monoisotopic (exact) mass is 577 g/mol. The van der Waals surface area contributed by atoms with Gasteiger partial charge in [0.2, 0.25) is 11.8 Å². The zero-order chi connectivity index (χ0) is 30.5. The fourth-order valence-corrected chi connectivity index (χ4v) is 5.06. The molecule has 228 valence electrons. The molecule has 7 nitrogen and oxygen atoms in total. The molecule has 0 radical (unpaired) electrons. The molecule has 1 aromatic rings. The number of rotatable bonds is 16. The molecule has 3 atom stereocenters. The molecule has 0 aromatic heterocycles. The smallest absolute Gasteiger partial charge is 0.408 e. The molecular weight excluding hydrogens is 522 g/mol. The number of amides is 3. The minimum atomic E-state index is -0.815. The molecule has 3 amide bonds. The highest BCUT2D eigenvalue weighted by Gasteiger charge is 2.39. The molecule has 3 unspecified atom stereocenters. The van der Waals surface area contributed by atoms with Gasteiger partial charge in [0, 0.05) is 12.6 Å². The van der Waals surface area contributed by atoms with Crippen LogP contribution in [-0.4, -0.2) is 59.0 Å². The van der Waals surface area contributed by atoms with Crippen LogP contribution in [0.3, 0.4) is 0 Å². The van der Waals surface area contributed by atoms with Crippen molar-refractivity contribution in [1.82, 2.24) is 15.5 Å². The Morgan fingerprint density at radius 2 is 1.70 bits per heavy atom. The molecule has 2 N–H and O–H groups in total. The molecule has 0 saturated heterocycles. The van der Waals surface area contributed by atoms with E-state index in [0.29, 0.717) is 24.6 Å². The van der Waals surface area contributed by atoms with Crippen LogP contribution in [0.4, 0.5) is 4.79 Å². The van der Waals surface area contributed by atoms with Crippen LogP contribution >= 0.6 is 11.8 Å². The number of unbranched alkanes of at least 4 members (excludes halogenated alkanes) is 2. The number of thioether (sulfide) groups is 1. The fourth-order valence-electron chi connectivity index (χ4n) is 4.59. The lowest BCUT2D eigenvalue weighted by molar-refractivity contribution is -0.145. The van der Waals surface area contributed by atoms with E-state index in [-0.39, 0.29) is 17.9 Å². The van der Waals surface area contributed by atoms with E-state index in [1.165, 1.54) is 0 Å². The maximum Gasteiger partial charge on any atom is 0.408 e. The fraction of sp³-hybridized carbons (Fsp3) is 0.719. The van der Waals surface area contributed by atoms with E-state index >= 15 is 0 Å². The highest BCUT2D eigenvalue weighted by atomic mass is 32.2. The third-order valence-electron chi connectivity index (χ3n) is 6.83. The number of nitrogens with one attached hydrogen (secondary N) is 2. The summed E-state index contributed by atoms with van der Waals surface area (Å²) in [6.45, 7) is 18.4. The first-order valence-electron chi connectivity index (χ1n) is 14.9. The quantitative estimate of drug-likeness (QED) is 0.208. The van der Waals surface area contributed by atoms with Gasteiger partial charge in [0.05, 0.1) is 0 Å². The average molecular weight is 578 g/mol. The number of ether oxygens (including phenoxy) is 1. The van der Waals surface area contributed by atoms with E-state index in [0.717, 1.165) is 48.8 Å². The maximum absolute atomic E-state index is 14.5. The standard InChI is InChI=1S/C32H55N3O4S/c1-11-12-13-19-33-29(36)28(26-21-23(4)15-16-24(26)5)35(25(6)17-14-22(2)3)30(37)27(18-20-40-10)34-31(38)39-32(7,8)9/h15-16,21-22,25,27-28H,11-14,17-20H2,1-10H3,(H,33,36)(H,34,38). The predicted molar refractivity (Wildman–Crippen MR) is 168 cm³/mol. The van der Waals surface area contributed by atoms with Crippen molar-refractivity contribution in [3.63, 3.8) is 0 Å². The van der Waals surface area contributed by atoms with Gasteiger partial charge in [0.1, 0.15) is 17.7 Å². The van der Waals surface area contributed by atoms with Crippen molar-refractivity contribution in [2.24, 2.45) is 5.92 Å². The van der Waals surface area contributed by atoms with Crippen molar-refractivity contribution >= 4 is 29.7 Å². The Balaban J connectivity index is 3.63. The minimum absolute atomic E-state index is 0.185. The van der Waals surface area contributed by atoms with E-state index < -0.39 is 23.8 Å². The molecule has 0 aliphatic rings. The number of hydrogen-bond donors (Lipinski definition) is 2. The van der Waals surface area contributed by atoms with E-state index in [2.05, 4.69) is 31.4 Å². The molecule has 0 spiro atoms. The molecule has 0 fully saturated rings. The first-order chi connectivity index (χ1) is 18.7. The van der Waals surface area contributed by atoms with Crippen LogP contribution in [0.2, 0.25) is 0 Å². The van der Waals surface area contributed by atoms with E-state index in [4.69, 9.17) is 4.74 Å². The van der Waals surface area contributed by atoms with Crippen LogP contribution < -0.4 is 10.6 Å². The summed E-state index contributed by atoms with van der Waals surface area (Å²) in [7, 11) is 0. The summed E-state index contributed by atoms with van der Waals surface area (Å²) in [5.41, 5.74) is 2.10. The van der Waals surface area contributed by atoms with Crippen molar-refractivity contribution < 1.29 is 19.1 Å². The Morgan fingerprint density at radius 1 is 1.02 bits per heavy atom. The van der Waals surface area contributed by atoms with E-state index in [1.807, 2.05) is 45.2 Å². The number of benzene rings is 1. The Bertz CT molecular complexity index is 945. The molecular formula is C32H55N3O4S. The van der Waals surface area contributed by atoms with Crippen LogP contribution in [0.25, 0.3) is 0 Å². The van der Waals surface area contributed by atoms with Crippen LogP contribution in [-0.2, 0) is 14.3 Å². The Morgan fingerprint density at radius 3 is 2.27 bits per heavy atom. The predicted octanol–water partition coefficient (Wildman–Crippen LogP) is 6.95. The number of aryl methyl sites for hydroxylation is 2. The molecule has 0 bridgehead atoms. The molecule has 8 heteroatoms. The largest absolute Gasteiger partial charge is 0.444 e. The van der Waals surface area contributed by atoms with Gasteiger partial charge in [-0.1, -0.05) is 57.4 Å². The minimum Gasteiger partial charge on any atom is -0.444 e. The second-order valence-electron chi connectivity index (χ2n) is 12.3. The number of carbonyl (C=O) groups excluding carboxylic acids is 3. The van der Waals surface area contributed by atoms with Crippen LogP contribution in [0.5, 0.6) is 0 Å². The summed E-state index contributed by atoms with van der Waals surface area (Å²) in [4.78, 5) is 43.0. The molecule has 40 heavy (non-hydrogen) atoms. The van der Waals surface area contributed by atoms with Gasteiger partial charge in [0.15, 0.2) is 0 Å². The average Bonchev–Trinajstić information content (AvgIpc) is 2.86. The van der Waals surface area contributed by atoms with Crippen molar-refractivity contribution in [2.75, 3.05) is 18.6 Å². The number of hydrogen-bond acceptors (Lipinski definition) is 5. The second kappa shape index (κ2) is 17.6. The zero-order valence-electron chi connectivity index (χ0n) is 26.7. The normalized spacial score (nSPS) is 13.9. The molecule has 1 rings (SSSR count). The lowest BCUT2D eigenvalue weighted by atomic mass is 9.93. The highest BCUT2D eigenvalue weighted by molar-refractivity contribution is 7.98. The van der Waals surface area contributed by atoms with Crippen molar-refractivity contribution in [1.29, 1.82) is 0 Å². The van der Waals surface area contributed by atoms with Gasteiger partial charge >= 0.3 is 6.09 Å². The maximum atomic E-state index is 14.5. The Labute approximate surface area is 248 Å². The third kappa shape index (κ3) is 12.5. The van der Waals surface area contributed by atoms with Crippen LogP contribution in [0, 0.1) is 19.8 Å². The lowest BCUT2D eigenvalue weighted by Crippen LogP contribution is -2.56. The number of nitrogens with zero attached hydrogens (tertiary/aromatic N) is 1. The van der Waals surface area contributed by atoms with Gasteiger partial charge in [0.25, 0.3) is 0 Å². The van der Waals surface area contributed by atoms with Gasteiger partial charge in [-0.15, -0.1) is 0 Å². The van der Waals surface area contributed by atoms with Crippen molar-refractivity contribution in [3.8, 4) is 0 Å². The topological polar surface area (TPSA) is 87.7 Å². The van der Waals surface area contributed by atoms with E-state index in [1.54, 1.807) is 37.4 Å². The summed E-state index contributed by atoms with van der Waals surface area (Å²) in [6, 6.07) is 4.19. The molecule has 1 aromatic carbocycles. The van der Waals surface area contributed by atoms with Gasteiger partial charge in [-0.2, -0.15) is 11.8 Å². The van der Waals surface area contributed by atoms with Gasteiger partial charge in [-0.05, 0) is 96.3 Å². The lowest BCUT2D eigenvalue weighted by Gasteiger charge is -2.39. The molecule has 0 aliphatic carbocycles. The molecule has 0 heterocycles. The summed E-state index contributed by atoms with van der Waals surface area (Å²) < 4.78 is 5.51. The van der Waals surface area contributed by atoms with Crippen molar-refractivity contribution in [3.05, 3.63) is 34.9 Å². The Hall–Kier alpha value is -2.22. The molecule has 0 saturated carbocycles. The number of carbonyl (C=O) groups is 3. The van der Waals surface area contributed by atoms with Crippen molar-refractivity contribution in [2.45, 2.75) is 125 Å². The Kier molecular flexibility index (Phi) is 15.7. The highest BCUT2D eigenvalue weighted by Crippen LogP contribution is 2.30. The van der Waals surface area contributed by atoms with Gasteiger partial charge < -0.3 is 20.3 Å². The first-order valence-corrected chi connectivity index (χ1v) is 16.3.